The second-order valence-corrected chi connectivity index (χ2v) is 5.16. The van der Waals surface area contributed by atoms with E-state index >= 15 is 0 Å². The minimum atomic E-state index is -4.43. The lowest BCUT2D eigenvalue weighted by molar-refractivity contribution is -0.140. The molecule has 0 bridgehead atoms. The van der Waals surface area contributed by atoms with Gasteiger partial charge < -0.3 is 4.90 Å². The van der Waals surface area contributed by atoms with Crippen molar-refractivity contribution in [3.05, 3.63) is 33.4 Å². The highest BCUT2D eigenvalue weighted by Crippen LogP contribution is 2.18. The van der Waals surface area contributed by atoms with Crippen molar-refractivity contribution in [3.63, 3.8) is 0 Å². The van der Waals surface area contributed by atoms with Crippen molar-refractivity contribution in [2.75, 3.05) is 19.0 Å². The molecule has 0 aromatic heterocycles. The van der Waals surface area contributed by atoms with Gasteiger partial charge in [0.15, 0.2) is 0 Å². The van der Waals surface area contributed by atoms with Gasteiger partial charge in [-0.25, -0.2) is 0 Å². The van der Waals surface area contributed by atoms with Crippen LogP contribution in [0.4, 0.5) is 13.2 Å². The van der Waals surface area contributed by atoms with Crippen LogP contribution in [0.15, 0.2) is 24.3 Å². The summed E-state index contributed by atoms with van der Waals surface area (Å²) in [5.74, 6) is -0.697. The fraction of sp³-hybridized carbons (Fsp3) is 0.364. The lowest BCUT2D eigenvalue weighted by Crippen LogP contribution is -2.40. The molecule has 1 aromatic rings. The monoisotopic (exact) mass is 391 g/mol. The molecule has 1 amide bonds. The second kappa shape index (κ2) is 6.60. The zero-order chi connectivity index (χ0) is 13.8. The summed E-state index contributed by atoms with van der Waals surface area (Å²) in [6.45, 7) is -1.42. The first-order chi connectivity index (χ1) is 8.33. The molecule has 0 fully saturated rings. The Labute approximate surface area is 121 Å². The highest BCUT2D eigenvalue weighted by atomic mass is 127. The molecular weight excluding hydrogens is 381 g/mol. The molecule has 0 radical (unpaired) electrons. The van der Waals surface area contributed by atoms with Gasteiger partial charge in [-0.1, -0.05) is 6.07 Å². The Hall–Kier alpha value is -0.500. The van der Waals surface area contributed by atoms with E-state index in [-0.39, 0.29) is 18.0 Å². The average Bonchev–Trinajstić information content (AvgIpc) is 2.26. The van der Waals surface area contributed by atoms with Gasteiger partial charge in [-0.05, 0) is 40.8 Å². The first-order valence-corrected chi connectivity index (χ1v) is 6.62. The Bertz CT molecular complexity index is 425. The molecule has 7 heteroatoms. The van der Waals surface area contributed by atoms with Crippen LogP contribution >= 0.6 is 34.2 Å². The summed E-state index contributed by atoms with van der Waals surface area (Å²) in [4.78, 5) is 12.6. The molecule has 0 atom stereocenters. The summed E-state index contributed by atoms with van der Waals surface area (Å²) >= 11 is 7.42. The quantitative estimate of drug-likeness (QED) is 0.568. The minimum absolute atomic E-state index is 0.0360. The highest BCUT2D eigenvalue weighted by molar-refractivity contribution is 14.1. The Balaban J connectivity index is 2.89. The maximum absolute atomic E-state index is 12.3. The molecule has 2 nitrogen and oxygen atoms in total. The minimum Gasteiger partial charge on any atom is -0.328 e. The number of nitrogens with zero attached hydrogens (tertiary/aromatic N) is 1. The predicted octanol–water partition coefficient (Wildman–Crippen LogP) is 3.53. The van der Waals surface area contributed by atoms with Crippen molar-refractivity contribution in [2.45, 2.75) is 6.18 Å². The SMILES string of the molecule is O=C(c1cccc(I)c1)N(CCCl)CC(F)(F)F. The van der Waals surface area contributed by atoms with E-state index in [1.54, 1.807) is 18.2 Å². The molecule has 0 spiro atoms. The number of amides is 1. The molecule has 1 aromatic carbocycles. The van der Waals surface area contributed by atoms with Crippen LogP contribution in [0.5, 0.6) is 0 Å². The number of carbonyl (C=O) groups is 1. The Morgan fingerprint density at radius 2 is 2.06 bits per heavy atom. The smallest absolute Gasteiger partial charge is 0.328 e. The predicted molar refractivity (Wildman–Crippen MR) is 71.8 cm³/mol. The van der Waals surface area contributed by atoms with Crippen LogP contribution < -0.4 is 0 Å². The van der Waals surface area contributed by atoms with Gasteiger partial charge in [0.05, 0.1) is 0 Å². The standard InChI is InChI=1S/C11H10ClF3INO/c12-4-5-17(7-11(13,14)15)10(18)8-2-1-3-9(16)6-8/h1-3,6H,4-5,7H2. The van der Waals surface area contributed by atoms with Crippen molar-refractivity contribution in [3.8, 4) is 0 Å². The first-order valence-electron chi connectivity index (χ1n) is 5.01. The maximum atomic E-state index is 12.3. The van der Waals surface area contributed by atoms with Gasteiger partial charge in [-0.2, -0.15) is 13.2 Å². The van der Waals surface area contributed by atoms with Crippen molar-refractivity contribution >= 4 is 40.1 Å². The molecule has 0 aliphatic heterocycles. The lowest BCUT2D eigenvalue weighted by Gasteiger charge is -2.23. The molecule has 100 valence electrons. The van der Waals surface area contributed by atoms with Crippen molar-refractivity contribution in [1.29, 1.82) is 0 Å². The third kappa shape index (κ3) is 5.01. The molecule has 0 aliphatic carbocycles. The number of carbonyl (C=O) groups excluding carboxylic acids is 1. The molecule has 18 heavy (non-hydrogen) atoms. The Kier molecular flexibility index (Phi) is 5.71. The van der Waals surface area contributed by atoms with Crippen LogP contribution in [-0.2, 0) is 0 Å². The summed E-state index contributed by atoms with van der Waals surface area (Å²) in [6.07, 6.45) is -4.43. The van der Waals surface area contributed by atoms with Crippen LogP contribution in [0.2, 0.25) is 0 Å². The van der Waals surface area contributed by atoms with Crippen LogP contribution in [0, 0.1) is 3.57 Å². The molecule has 0 aliphatic rings. The van der Waals surface area contributed by atoms with E-state index < -0.39 is 18.6 Å². The molecular formula is C11H10ClF3INO. The van der Waals surface area contributed by atoms with E-state index in [9.17, 15) is 18.0 Å². The van der Waals surface area contributed by atoms with Crippen molar-refractivity contribution in [2.24, 2.45) is 0 Å². The average molecular weight is 392 g/mol. The van der Waals surface area contributed by atoms with Crippen LogP contribution in [0.25, 0.3) is 0 Å². The molecule has 0 saturated carbocycles. The lowest BCUT2D eigenvalue weighted by atomic mass is 10.2. The Morgan fingerprint density at radius 1 is 1.39 bits per heavy atom. The third-order valence-electron chi connectivity index (χ3n) is 2.08. The summed E-state index contributed by atoms with van der Waals surface area (Å²) < 4.78 is 37.8. The highest BCUT2D eigenvalue weighted by Gasteiger charge is 2.33. The number of hydrogen-bond acceptors (Lipinski definition) is 1. The zero-order valence-corrected chi connectivity index (χ0v) is 12.1. The van der Waals surface area contributed by atoms with Gasteiger partial charge in [0, 0.05) is 21.6 Å². The molecule has 0 heterocycles. The van der Waals surface area contributed by atoms with Crippen LogP contribution in [-0.4, -0.2) is 36.0 Å². The summed E-state index contributed by atoms with van der Waals surface area (Å²) in [7, 11) is 0. The van der Waals surface area contributed by atoms with Gasteiger partial charge in [0.2, 0.25) is 0 Å². The van der Waals surface area contributed by atoms with Gasteiger partial charge in [-0.3, -0.25) is 4.79 Å². The Morgan fingerprint density at radius 3 is 2.56 bits per heavy atom. The normalized spacial score (nSPS) is 11.4. The molecule has 1 rings (SSSR count). The number of alkyl halides is 4. The zero-order valence-electron chi connectivity index (χ0n) is 9.18. The summed E-state index contributed by atoms with van der Waals surface area (Å²) in [6, 6.07) is 6.41. The van der Waals surface area contributed by atoms with Gasteiger partial charge in [-0.15, -0.1) is 11.6 Å². The number of hydrogen-bond donors (Lipinski definition) is 0. The number of benzene rings is 1. The van der Waals surface area contributed by atoms with E-state index in [4.69, 9.17) is 11.6 Å². The van der Waals surface area contributed by atoms with Gasteiger partial charge in [0.25, 0.3) is 5.91 Å². The van der Waals surface area contributed by atoms with E-state index in [1.807, 2.05) is 22.6 Å². The third-order valence-corrected chi connectivity index (χ3v) is 2.92. The number of halogens is 5. The van der Waals surface area contributed by atoms with E-state index in [1.165, 1.54) is 6.07 Å². The maximum Gasteiger partial charge on any atom is 0.406 e. The molecule has 0 unspecified atom stereocenters. The number of rotatable bonds is 4. The van der Waals surface area contributed by atoms with E-state index in [2.05, 4.69) is 0 Å². The van der Waals surface area contributed by atoms with Crippen molar-refractivity contribution < 1.29 is 18.0 Å². The van der Waals surface area contributed by atoms with Crippen LogP contribution in [0.3, 0.4) is 0 Å². The second-order valence-electron chi connectivity index (χ2n) is 3.54. The van der Waals surface area contributed by atoms with Gasteiger partial charge >= 0.3 is 6.18 Å². The summed E-state index contributed by atoms with van der Waals surface area (Å²) in [5, 5.41) is 0. The van der Waals surface area contributed by atoms with Crippen LogP contribution in [0.1, 0.15) is 10.4 Å². The molecule has 0 saturated heterocycles. The fourth-order valence-corrected chi connectivity index (χ4v) is 2.12. The van der Waals surface area contributed by atoms with E-state index in [0.717, 1.165) is 3.57 Å². The molecule has 0 N–H and O–H groups in total. The largest absolute Gasteiger partial charge is 0.406 e. The van der Waals surface area contributed by atoms with E-state index in [0.29, 0.717) is 4.90 Å². The first kappa shape index (κ1) is 15.6. The van der Waals surface area contributed by atoms with Gasteiger partial charge in [0.1, 0.15) is 6.54 Å². The topological polar surface area (TPSA) is 20.3 Å². The fourth-order valence-electron chi connectivity index (χ4n) is 1.37. The van der Waals surface area contributed by atoms with Crippen molar-refractivity contribution in [1.82, 2.24) is 4.90 Å². The summed E-state index contributed by atoms with van der Waals surface area (Å²) in [5.41, 5.74) is 0.233.